The van der Waals surface area contributed by atoms with E-state index in [-0.39, 0.29) is 0 Å². The van der Waals surface area contributed by atoms with Crippen molar-refractivity contribution in [1.29, 1.82) is 0 Å². The van der Waals surface area contributed by atoms with Crippen molar-refractivity contribution in [3.63, 3.8) is 0 Å². The SMILES string of the molecule is [CH2]N(C)c1ccco1. The van der Waals surface area contributed by atoms with Gasteiger partial charge in [0, 0.05) is 20.2 Å². The van der Waals surface area contributed by atoms with E-state index in [9.17, 15) is 0 Å². The Kier molecular flexibility index (Phi) is 1.24. The quantitative estimate of drug-likeness (QED) is 0.544. The van der Waals surface area contributed by atoms with E-state index in [2.05, 4.69) is 7.05 Å². The summed E-state index contributed by atoms with van der Waals surface area (Å²) in [4.78, 5) is 1.67. The third-order valence-corrected chi connectivity index (χ3v) is 0.882. The van der Waals surface area contributed by atoms with Gasteiger partial charge < -0.3 is 9.32 Å². The zero-order valence-corrected chi connectivity index (χ0v) is 4.79. The summed E-state index contributed by atoms with van der Waals surface area (Å²) in [6, 6.07) is 3.68. The average molecular weight is 110 g/mol. The Balaban J connectivity index is 2.77. The number of hydrogen-bond donors (Lipinski definition) is 0. The molecule has 0 amide bonds. The van der Waals surface area contributed by atoms with Crippen molar-refractivity contribution >= 4 is 5.88 Å². The maximum absolute atomic E-state index is 4.96. The van der Waals surface area contributed by atoms with Crippen molar-refractivity contribution in [2.75, 3.05) is 11.9 Å². The van der Waals surface area contributed by atoms with E-state index in [1.807, 2.05) is 19.2 Å². The number of hydrogen-bond acceptors (Lipinski definition) is 2. The number of rotatable bonds is 1. The van der Waals surface area contributed by atoms with Crippen LogP contribution in [-0.2, 0) is 0 Å². The normalized spacial score (nSPS) is 9.25. The van der Waals surface area contributed by atoms with Gasteiger partial charge in [-0.2, -0.15) is 0 Å². The molecule has 0 unspecified atom stereocenters. The van der Waals surface area contributed by atoms with Crippen molar-refractivity contribution in [1.82, 2.24) is 0 Å². The molecule has 0 atom stereocenters. The second-order valence-corrected chi connectivity index (χ2v) is 1.65. The minimum Gasteiger partial charge on any atom is -0.449 e. The van der Waals surface area contributed by atoms with Crippen LogP contribution in [0.2, 0.25) is 0 Å². The lowest BCUT2D eigenvalue weighted by atomic mass is 10.6. The first-order chi connectivity index (χ1) is 3.80. The predicted octanol–water partition coefficient (Wildman–Crippen LogP) is 1.51. The van der Waals surface area contributed by atoms with Gasteiger partial charge in [0.15, 0.2) is 5.88 Å². The van der Waals surface area contributed by atoms with Crippen LogP contribution in [0.4, 0.5) is 5.88 Å². The van der Waals surface area contributed by atoms with Crippen molar-refractivity contribution in [2.45, 2.75) is 0 Å². The van der Waals surface area contributed by atoms with Gasteiger partial charge in [0.05, 0.1) is 6.26 Å². The lowest BCUT2D eigenvalue weighted by molar-refractivity contribution is 0.568. The van der Waals surface area contributed by atoms with E-state index < -0.39 is 0 Å². The van der Waals surface area contributed by atoms with Crippen LogP contribution in [0.1, 0.15) is 0 Å². The van der Waals surface area contributed by atoms with E-state index in [4.69, 9.17) is 4.42 Å². The summed E-state index contributed by atoms with van der Waals surface area (Å²) >= 11 is 0. The Bertz CT molecular complexity index is 144. The lowest BCUT2D eigenvalue weighted by Gasteiger charge is -2.04. The van der Waals surface area contributed by atoms with Crippen molar-refractivity contribution in [3.8, 4) is 0 Å². The summed E-state index contributed by atoms with van der Waals surface area (Å²) in [6.45, 7) is 0. The van der Waals surface area contributed by atoms with Gasteiger partial charge in [0.25, 0.3) is 0 Å². The molecular weight excluding hydrogens is 102 g/mol. The highest BCUT2D eigenvalue weighted by atomic mass is 16.3. The molecule has 43 valence electrons. The maximum Gasteiger partial charge on any atom is 0.194 e. The summed E-state index contributed by atoms with van der Waals surface area (Å²) in [5.41, 5.74) is 0. The Labute approximate surface area is 48.7 Å². The lowest BCUT2D eigenvalue weighted by Crippen LogP contribution is -2.02. The first-order valence-corrected chi connectivity index (χ1v) is 2.38. The molecule has 0 aromatic carbocycles. The molecule has 1 heterocycles. The Hall–Kier alpha value is -0.920. The van der Waals surface area contributed by atoms with Gasteiger partial charge in [0.1, 0.15) is 0 Å². The number of furan rings is 1. The fraction of sp³-hybridized carbons (Fsp3) is 0.167. The molecule has 8 heavy (non-hydrogen) atoms. The molecule has 0 spiro atoms. The second-order valence-electron chi connectivity index (χ2n) is 1.65. The summed E-state index contributed by atoms with van der Waals surface area (Å²) in [5.74, 6) is 0.782. The molecule has 0 saturated carbocycles. The average Bonchev–Trinajstić information content (AvgIpc) is 2.12. The van der Waals surface area contributed by atoms with Gasteiger partial charge in [-0.05, 0) is 6.07 Å². The van der Waals surface area contributed by atoms with Crippen LogP contribution < -0.4 is 4.90 Å². The smallest absolute Gasteiger partial charge is 0.194 e. The van der Waals surface area contributed by atoms with Crippen LogP contribution >= 0.6 is 0 Å². The van der Waals surface area contributed by atoms with E-state index in [0.29, 0.717) is 0 Å². The summed E-state index contributed by atoms with van der Waals surface area (Å²) in [5, 5.41) is 0. The van der Waals surface area contributed by atoms with Gasteiger partial charge in [-0.3, -0.25) is 0 Å². The third kappa shape index (κ3) is 0.832. The van der Waals surface area contributed by atoms with Crippen molar-refractivity contribution in [3.05, 3.63) is 25.4 Å². The molecular formula is C6H8NO. The zero-order chi connectivity index (χ0) is 5.98. The molecule has 0 N–H and O–H groups in total. The molecule has 0 bridgehead atoms. The Morgan fingerprint density at radius 1 is 1.75 bits per heavy atom. The summed E-state index contributed by atoms with van der Waals surface area (Å²) in [6.07, 6.45) is 1.62. The minimum atomic E-state index is 0.782. The molecule has 1 rings (SSSR count). The van der Waals surface area contributed by atoms with Crippen LogP contribution in [0, 0.1) is 7.05 Å². The molecule has 0 aliphatic rings. The number of anilines is 1. The van der Waals surface area contributed by atoms with Gasteiger partial charge in [-0.15, -0.1) is 0 Å². The number of nitrogens with zero attached hydrogens (tertiary/aromatic N) is 1. The van der Waals surface area contributed by atoms with E-state index in [0.717, 1.165) is 5.88 Å². The van der Waals surface area contributed by atoms with E-state index >= 15 is 0 Å². The van der Waals surface area contributed by atoms with Crippen molar-refractivity contribution < 1.29 is 4.42 Å². The summed E-state index contributed by atoms with van der Waals surface area (Å²) < 4.78 is 4.96. The fourth-order valence-electron chi connectivity index (χ4n) is 0.487. The van der Waals surface area contributed by atoms with E-state index in [1.54, 1.807) is 11.2 Å². The standard InChI is InChI=1S/C6H8NO/c1-7(2)6-4-3-5-8-6/h3-5H,1H2,2H3. The Morgan fingerprint density at radius 2 is 2.50 bits per heavy atom. The summed E-state index contributed by atoms with van der Waals surface area (Å²) in [7, 11) is 5.45. The molecule has 2 heteroatoms. The van der Waals surface area contributed by atoms with Gasteiger partial charge in [-0.1, -0.05) is 0 Å². The van der Waals surface area contributed by atoms with Crippen LogP contribution in [0.5, 0.6) is 0 Å². The Morgan fingerprint density at radius 3 is 2.75 bits per heavy atom. The molecule has 0 saturated heterocycles. The monoisotopic (exact) mass is 110 g/mol. The van der Waals surface area contributed by atoms with Crippen LogP contribution in [0.25, 0.3) is 0 Å². The highest BCUT2D eigenvalue weighted by Gasteiger charge is 1.92. The topological polar surface area (TPSA) is 16.4 Å². The second kappa shape index (κ2) is 1.90. The fourth-order valence-corrected chi connectivity index (χ4v) is 0.487. The highest BCUT2D eigenvalue weighted by Crippen LogP contribution is 2.09. The molecule has 2 nitrogen and oxygen atoms in total. The maximum atomic E-state index is 4.96. The molecule has 1 aromatic heterocycles. The zero-order valence-electron chi connectivity index (χ0n) is 4.79. The van der Waals surface area contributed by atoms with Crippen LogP contribution in [0.3, 0.4) is 0 Å². The molecule has 1 radical (unpaired) electrons. The first-order valence-electron chi connectivity index (χ1n) is 2.38. The van der Waals surface area contributed by atoms with Crippen molar-refractivity contribution in [2.24, 2.45) is 0 Å². The largest absolute Gasteiger partial charge is 0.449 e. The molecule has 1 aromatic rings. The predicted molar refractivity (Wildman–Crippen MR) is 32.5 cm³/mol. The van der Waals surface area contributed by atoms with Crippen LogP contribution in [-0.4, -0.2) is 7.05 Å². The van der Waals surface area contributed by atoms with Gasteiger partial charge >= 0.3 is 0 Å². The van der Waals surface area contributed by atoms with Gasteiger partial charge in [-0.25, -0.2) is 0 Å². The minimum absolute atomic E-state index is 0.782. The van der Waals surface area contributed by atoms with Crippen LogP contribution in [0.15, 0.2) is 22.8 Å². The third-order valence-electron chi connectivity index (χ3n) is 0.882. The van der Waals surface area contributed by atoms with Gasteiger partial charge in [0.2, 0.25) is 0 Å². The van der Waals surface area contributed by atoms with E-state index in [1.165, 1.54) is 0 Å². The first kappa shape index (κ1) is 5.22. The highest BCUT2D eigenvalue weighted by molar-refractivity contribution is 5.32. The molecule has 0 fully saturated rings. The molecule has 0 aliphatic heterocycles. The molecule has 0 aliphatic carbocycles.